The second-order valence-corrected chi connectivity index (χ2v) is 6.51. The average molecular weight is 400 g/mol. The van der Waals surface area contributed by atoms with Gasteiger partial charge in [-0.15, -0.1) is 0 Å². The van der Waals surface area contributed by atoms with Gasteiger partial charge in [0.25, 0.3) is 6.02 Å². The third kappa shape index (κ3) is 3.88. The number of halogens is 5. The highest BCUT2D eigenvalue weighted by Gasteiger charge is 2.56. The van der Waals surface area contributed by atoms with Crippen molar-refractivity contribution in [3.63, 3.8) is 0 Å². The standard InChI is InChI=1S/C19H17F5N2O2/c1-17(18(20,21)11-26-16(25)28-17)14-3-2-4-15(9-14)27-10-12-5-7-13(8-6-12)19(22,23)24/h2-9H,10-11H2,1H3,(H2,25,26)/t17-/m1/s1. The first-order valence-electron chi connectivity index (χ1n) is 8.27. The number of hydrogen-bond acceptors (Lipinski definition) is 4. The Morgan fingerprint density at radius 1 is 1.14 bits per heavy atom. The molecule has 0 saturated carbocycles. The van der Waals surface area contributed by atoms with Crippen molar-refractivity contribution in [1.29, 1.82) is 0 Å². The van der Waals surface area contributed by atoms with E-state index in [4.69, 9.17) is 15.2 Å². The molecule has 2 aromatic rings. The summed E-state index contributed by atoms with van der Waals surface area (Å²) in [6, 6.07) is 10.1. The van der Waals surface area contributed by atoms with Gasteiger partial charge in [-0.3, -0.25) is 0 Å². The third-order valence-electron chi connectivity index (χ3n) is 4.51. The Morgan fingerprint density at radius 3 is 2.46 bits per heavy atom. The Labute approximate surface area is 157 Å². The van der Waals surface area contributed by atoms with Crippen LogP contribution in [-0.4, -0.2) is 18.5 Å². The molecule has 0 amide bonds. The van der Waals surface area contributed by atoms with E-state index in [1.165, 1.54) is 37.3 Å². The zero-order valence-corrected chi connectivity index (χ0v) is 14.8. The van der Waals surface area contributed by atoms with Crippen molar-refractivity contribution in [3.05, 3.63) is 65.2 Å². The Kier molecular flexibility index (Phi) is 4.95. The predicted octanol–water partition coefficient (Wildman–Crippen LogP) is 4.48. The molecule has 9 heteroatoms. The summed E-state index contributed by atoms with van der Waals surface area (Å²) < 4.78 is 77.3. The topological polar surface area (TPSA) is 56.8 Å². The summed E-state index contributed by atoms with van der Waals surface area (Å²) in [5, 5.41) is 0. The van der Waals surface area contributed by atoms with Crippen molar-refractivity contribution in [1.82, 2.24) is 0 Å². The maximum absolute atomic E-state index is 14.4. The molecule has 0 aliphatic carbocycles. The lowest BCUT2D eigenvalue weighted by Gasteiger charge is -2.39. The quantitative estimate of drug-likeness (QED) is 0.770. The van der Waals surface area contributed by atoms with Crippen molar-refractivity contribution in [2.75, 3.05) is 6.54 Å². The number of nitrogens with zero attached hydrogens (tertiary/aromatic N) is 1. The number of nitrogens with two attached hydrogens (primary N) is 1. The molecule has 1 heterocycles. The maximum Gasteiger partial charge on any atom is 0.416 e. The van der Waals surface area contributed by atoms with Gasteiger partial charge in [0.1, 0.15) is 18.9 Å². The molecule has 0 spiro atoms. The zero-order valence-electron chi connectivity index (χ0n) is 14.8. The molecular weight excluding hydrogens is 383 g/mol. The van der Waals surface area contributed by atoms with Gasteiger partial charge in [-0.1, -0.05) is 24.3 Å². The first kappa shape index (κ1) is 19.9. The van der Waals surface area contributed by atoms with Gasteiger partial charge in [-0.2, -0.15) is 22.0 Å². The van der Waals surface area contributed by atoms with Crippen molar-refractivity contribution in [2.24, 2.45) is 10.7 Å². The summed E-state index contributed by atoms with van der Waals surface area (Å²) in [5.74, 6) is -3.03. The van der Waals surface area contributed by atoms with Crippen LogP contribution in [0.5, 0.6) is 5.75 Å². The van der Waals surface area contributed by atoms with Crippen LogP contribution < -0.4 is 10.5 Å². The first-order chi connectivity index (χ1) is 13.0. The molecule has 1 aliphatic heterocycles. The van der Waals surface area contributed by atoms with Gasteiger partial charge in [0.2, 0.25) is 0 Å². The second kappa shape index (κ2) is 6.96. The number of benzene rings is 2. The van der Waals surface area contributed by atoms with Crippen molar-refractivity contribution in [3.8, 4) is 5.75 Å². The molecule has 0 fully saturated rings. The largest absolute Gasteiger partial charge is 0.489 e. The third-order valence-corrected chi connectivity index (χ3v) is 4.51. The van der Waals surface area contributed by atoms with E-state index >= 15 is 0 Å². The fourth-order valence-electron chi connectivity index (χ4n) is 2.75. The van der Waals surface area contributed by atoms with Crippen LogP contribution in [0.15, 0.2) is 53.5 Å². The van der Waals surface area contributed by atoms with E-state index in [1.807, 2.05) is 0 Å². The Bertz CT molecular complexity index is 881. The molecule has 0 unspecified atom stereocenters. The summed E-state index contributed by atoms with van der Waals surface area (Å²) in [5.41, 5.74) is 3.32. The number of rotatable bonds is 4. The smallest absolute Gasteiger partial charge is 0.416 e. The molecule has 0 saturated heterocycles. The minimum atomic E-state index is -4.42. The van der Waals surface area contributed by atoms with Gasteiger partial charge in [0.15, 0.2) is 5.60 Å². The summed E-state index contributed by atoms with van der Waals surface area (Å²) in [6.45, 7) is 0.384. The van der Waals surface area contributed by atoms with Crippen LogP contribution in [0.3, 0.4) is 0 Å². The number of aliphatic imine (C=N–C) groups is 1. The number of ether oxygens (including phenoxy) is 2. The molecule has 4 nitrogen and oxygen atoms in total. The van der Waals surface area contributed by atoms with E-state index in [2.05, 4.69) is 4.99 Å². The van der Waals surface area contributed by atoms with Crippen LogP contribution in [0.25, 0.3) is 0 Å². The molecule has 0 radical (unpaired) electrons. The van der Waals surface area contributed by atoms with Crippen LogP contribution in [-0.2, 0) is 23.1 Å². The molecular formula is C19H17F5N2O2. The summed E-state index contributed by atoms with van der Waals surface area (Å²) in [6.07, 6.45) is -4.42. The highest BCUT2D eigenvalue weighted by atomic mass is 19.4. The number of alkyl halides is 5. The van der Waals surface area contributed by atoms with Gasteiger partial charge in [0.05, 0.1) is 5.56 Å². The van der Waals surface area contributed by atoms with Gasteiger partial charge in [-0.05, 0) is 36.8 Å². The minimum Gasteiger partial charge on any atom is -0.489 e. The predicted molar refractivity (Wildman–Crippen MR) is 92.1 cm³/mol. The molecule has 0 aromatic heterocycles. The van der Waals surface area contributed by atoms with Gasteiger partial charge < -0.3 is 15.2 Å². The van der Waals surface area contributed by atoms with Crippen LogP contribution in [0.4, 0.5) is 22.0 Å². The van der Waals surface area contributed by atoms with Crippen LogP contribution in [0.1, 0.15) is 23.6 Å². The fourth-order valence-corrected chi connectivity index (χ4v) is 2.75. The lowest BCUT2D eigenvalue weighted by molar-refractivity contribution is -0.172. The van der Waals surface area contributed by atoms with Gasteiger partial charge >= 0.3 is 12.1 Å². The Balaban J connectivity index is 1.76. The van der Waals surface area contributed by atoms with E-state index < -0.39 is 29.8 Å². The first-order valence-corrected chi connectivity index (χ1v) is 8.27. The molecule has 150 valence electrons. The summed E-state index contributed by atoms with van der Waals surface area (Å²) >= 11 is 0. The summed E-state index contributed by atoms with van der Waals surface area (Å²) in [7, 11) is 0. The van der Waals surface area contributed by atoms with Crippen LogP contribution in [0, 0.1) is 0 Å². The molecule has 2 aromatic carbocycles. The lowest BCUT2D eigenvalue weighted by atomic mass is 9.88. The SMILES string of the molecule is C[C@]1(c2cccc(OCc3ccc(C(F)(F)F)cc3)c2)OC(N)=NCC1(F)F. The highest BCUT2D eigenvalue weighted by Crippen LogP contribution is 2.43. The molecule has 0 bridgehead atoms. The van der Waals surface area contributed by atoms with E-state index in [0.29, 0.717) is 5.56 Å². The molecule has 2 N–H and O–H groups in total. The number of hydrogen-bond donors (Lipinski definition) is 1. The van der Waals surface area contributed by atoms with Gasteiger partial charge in [0, 0.05) is 5.56 Å². The van der Waals surface area contributed by atoms with E-state index in [0.717, 1.165) is 12.1 Å². The van der Waals surface area contributed by atoms with Crippen molar-refractivity contribution in [2.45, 2.75) is 31.2 Å². The molecule has 1 aliphatic rings. The van der Waals surface area contributed by atoms with E-state index in [1.54, 1.807) is 6.07 Å². The monoisotopic (exact) mass is 400 g/mol. The van der Waals surface area contributed by atoms with E-state index in [9.17, 15) is 22.0 Å². The fraction of sp³-hybridized carbons (Fsp3) is 0.316. The number of amidine groups is 1. The molecule has 1 atom stereocenters. The Hall–Kier alpha value is -2.84. The molecule has 3 rings (SSSR count). The maximum atomic E-state index is 14.4. The van der Waals surface area contributed by atoms with Crippen LogP contribution >= 0.6 is 0 Å². The lowest BCUT2D eigenvalue weighted by Crippen LogP contribution is -2.53. The second-order valence-electron chi connectivity index (χ2n) is 6.51. The summed E-state index contributed by atoms with van der Waals surface area (Å²) in [4.78, 5) is 3.44. The normalized spacial score (nSPS) is 21.6. The highest BCUT2D eigenvalue weighted by molar-refractivity contribution is 5.73. The van der Waals surface area contributed by atoms with Gasteiger partial charge in [-0.25, -0.2) is 4.99 Å². The van der Waals surface area contributed by atoms with Crippen LogP contribution in [0.2, 0.25) is 0 Å². The van der Waals surface area contributed by atoms with Crippen molar-refractivity contribution < 1.29 is 31.4 Å². The molecule has 28 heavy (non-hydrogen) atoms. The van der Waals surface area contributed by atoms with Crippen molar-refractivity contribution >= 4 is 6.02 Å². The Morgan fingerprint density at radius 2 is 1.82 bits per heavy atom. The average Bonchev–Trinajstić information content (AvgIpc) is 2.63. The zero-order chi connectivity index (χ0) is 20.6. The van der Waals surface area contributed by atoms with E-state index in [-0.39, 0.29) is 23.9 Å². The minimum absolute atomic E-state index is 0.0286.